The summed E-state index contributed by atoms with van der Waals surface area (Å²) >= 11 is 0. The first-order chi connectivity index (χ1) is 11.3. The highest BCUT2D eigenvalue weighted by Crippen LogP contribution is 2.20. The van der Waals surface area contributed by atoms with E-state index in [1.165, 1.54) is 43.2 Å². The first kappa shape index (κ1) is 18.2. The number of carbonyl (C=O) groups excluding carboxylic acids is 1. The molecule has 2 rings (SSSR count). The van der Waals surface area contributed by atoms with Gasteiger partial charge >= 0.3 is 5.97 Å². The van der Waals surface area contributed by atoms with Crippen LogP contribution in [0.3, 0.4) is 0 Å². The van der Waals surface area contributed by atoms with Crippen molar-refractivity contribution in [3.8, 4) is 5.75 Å². The number of benzene rings is 1. The van der Waals surface area contributed by atoms with Crippen LogP contribution >= 0.6 is 0 Å². The SMILES string of the molecule is COc1ccc(S(=O)(=O)N[C@@H](C)C(=O)N2CCC[C@H]2C(=O)O)cc1. The number of ether oxygens (including phenoxy) is 1. The fourth-order valence-electron chi connectivity index (χ4n) is 2.64. The van der Waals surface area contributed by atoms with Gasteiger partial charge in [-0.2, -0.15) is 4.72 Å². The summed E-state index contributed by atoms with van der Waals surface area (Å²) in [5.41, 5.74) is 0. The highest BCUT2D eigenvalue weighted by Gasteiger charge is 2.36. The van der Waals surface area contributed by atoms with Crippen LogP contribution in [0.15, 0.2) is 29.2 Å². The lowest BCUT2D eigenvalue weighted by molar-refractivity contribution is -0.148. The van der Waals surface area contributed by atoms with Crippen LogP contribution in [0.1, 0.15) is 19.8 Å². The molecule has 0 bridgehead atoms. The molecule has 2 N–H and O–H groups in total. The lowest BCUT2D eigenvalue weighted by Gasteiger charge is -2.25. The maximum atomic E-state index is 12.4. The van der Waals surface area contributed by atoms with Gasteiger partial charge in [-0.3, -0.25) is 4.79 Å². The molecule has 0 aromatic heterocycles. The molecule has 9 heteroatoms. The second kappa shape index (κ2) is 7.18. The monoisotopic (exact) mass is 356 g/mol. The Morgan fingerprint density at radius 2 is 1.96 bits per heavy atom. The largest absolute Gasteiger partial charge is 0.497 e. The average Bonchev–Trinajstić information content (AvgIpc) is 3.03. The van der Waals surface area contributed by atoms with Gasteiger partial charge in [-0.1, -0.05) is 0 Å². The van der Waals surface area contributed by atoms with Crippen LogP contribution in [0.5, 0.6) is 5.75 Å². The third kappa shape index (κ3) is 3.85. The lowest BCUT2D eigenvalue weighted by atomic mass is 10.2. The Hall–Kier alpha value is -2.13. The van der Waals surface area contributed by atoms with Crippen LogP contribution in [-0.2, 0) is 19.6 Å². The molecule has 1 fully saturated rings. The number of amides is 1. The van der Waals surface area contributed by atoms with Gasteiger partial charge in [0.05, 0.1) is 18.0 Å². The maximum absolute atomic E-state index is 12.4. The van der Waals surface area contributed by atoms with Crippen molar-refractivity contribution in [3.63, 3.8) is 0 Å². The molecule has 1 aromatic rings. The van der Waals surface area contributed by atoms with Crippen molar-refractivity contribution in [2.45, 2.75) is 36.7 Å². The first-order valence-electron chi connectivity index (χ1n) is 7.46. The Morgan fingerprint density at radius 1 is 1.33 bits per heavy atom. The molecule has 1 heterocycles. The molecule has 8 nitrogen and oxygen atoms in total. The van der Waals surface area contributed by atoms with Gasteiger partial charge in [0.2, 0.25) is 15.9 Å². The van der Waals surface area contributed by atoms with Crippen LogP contribution < -0.4 is 9.46 Å². The van der Waals surface area contributed by atoms with Crippen molar-refractivity contribution >= 4 is 21.9 Å². The summed E-state index contributed by atoms with van der Waals surface area (Å²) in [6.07, 6.45) is 0.958. The molecule has 1 aliphatic heterocycles. The number of likely N-dealkylation sites (tertiary alicyclic amines) is 1. The van der Waals surface area contributed by atoms with E-state index in [0.29, 0.717) is 25.1 Å². The third-order valence-corrected chi connectivity index (χ3v) is 5.45. The van der Waals surface area contributed by atoms with E-state index >= 15 is 0 Å². The zero-order valence-electron chi connectivity index (χ0n) is 13.4. The number of sulfonamides is 1. The van der Waals surface area contributed by atoms with Crippen molar-refractivity contribution in [1.29, 1.82) is 0 Å². The van der Waals surface area contributed by atoms with Crippen molar-refractivity contribution < 1.29 is 27.9 Å². The normalized spacial score (nSPS) is 19.1. The predicted molar refractivity (Wildman–Crippen MR) is 85.1 cm³/mol. The van der Waals surface area contributed by atoms with Crippen molar-refractivity contribution in [2.75, 3.05) is 13.7 Å². The minimum absolute atomic E-state index is 0.000781. The van der Waals surface area contributed by atoms with Gasteiger partial charge in [0.25, 0.3) is 0 Å². The van der Waals surface area contributed by atoms with Crippen LogP contribution in [0.25, 0.3) is 0 Å². The third-order valence-electron chi connectivity index (χ3n) is 3.89. The van der Waals surface area contributed by atoms with Gasteiger partial charge in [-0.05, 0) is 44.0 Å². The lowest BCUT2D eigenvalue weighted by Crippen LogP contribution is -2.50. The van der Waals surface area contributed by atoms with Gasteiger partial charge in [0.15, 0.2) is 0 Å². The topological polar surface area (TPSA) is 113 Å². The number of nitrogens with zero attached hydrogens (tertiary/aromatic N) is 1. The molecule has 0 radical (unpaired) electrons. The average molecular weight is 356 g/mol. The summed E-state index contributed by atoms with van der Waals surface area (Å²) in [5.74, 6) is -1.11. The van der Waals surface area contributed by atoms with Crippen LogP contribution in [0.4, 0.5) is 0 Å². The molecule has 0 spiro atoms. The van der Waals surface area contributed by atoms with Gasteiger partial charge < -0.3 is 14.7 Å². The van der Waals surface area contributed by atoms with Crippen molar-refractivity contribution in [1.82, 2.24) is 9.62 Å². The minimum atomic E-state index is -3.90. The molecule has 2 atom stereocenters. The zero-order valence-corrected chi connectivity index (χ0v) is 14.2. The second-order valence-corrected chi connectivity index (χ2v) is 7.26. The Balaban J connectivity index is 2.10. The second-order valence-electron chi connectivity index (χ2n) is 5.55. The van der Waals surface area contributed by atoms with E-state index in [2.05, 4.69) is 4.72 Å². The van der Waals surface area contributed by atoms with E-state index in [4.69, 9.17) is 9.84 Å². The van der Waals surface area contributed by atoms with Gasteiger partial charge in [-0.15, -0.1) is 0 Å². The summed E-state index contributed by atoms with van der Waals surface area (Å²) in [5, 5.41) is 9.13. The van der Waals surface area contributed by atoms with Crippen LogP contribution in [0, 0.1) is 0 Å². The first-order valence-corrected chi connectivity index (χ1v) is 8.94. The van der Waals surface area contributed by atoms with E-state index in [1.807, 2.05) is 0 Å². The number of aliphatic carboxylic acids is 1. The molecule has 0 unspecified atom stereocenters. The molecule has 132 valence electrons. The van der Waals surface area contributed by atoms with E-state index in [0.717, 1.165) is 0 Å². The quantitative estimate of drug-likeness (QED) is 0.765. The summed E-state index contributed by atoms with van der Waals surface area (Å²) in [6, 6.07) is 3.79. The molecule has 1 aliphatic rings. The molecular weight excluding hydrogens is 336 g/mol. The smallest absolute Gasteiger partial charge is 0.326 e. The zero-order chi connectivity index (χ0) is 17.9. The van der Waals surface area contributed by atoms with E-state index < -0.39 is 34.0 Å². The number of carboxylic acid groups (broad SMARTS) is 1. The highest BCUT2D eigenvalue weighted by atomic mass is 32.2. The number of methoxy groups -OCH3 is 1. The molecule has 24 heavy (non-hydrogen) atoms. The Labute approximate surface area is 140 Å². The maximum Gasteiger partial charge on any atom is 0.326 e. The number of carboxylic acids is 1. The van der Waals surface area contributed by atoms with Gasteiger partial charge in [0, 0.05) is 6.54 Å². The highest BCUT2D eigenvalue weighted by molar-refractivity contribution is 7.89. The van der Waals surface area contributed by atoms with Crippen molar-refractivity contribution in [3.05, 3.63) is 24.3 Å². The van der Waals surface area contributed by atoms with Gasteiger partial charge in [0.1, 0.15) is 11.8 Å². The van der Waals surface area contributed by atoms with Crippen LogP contribution in [0.2, 0.25) is 0 Å². The molecule has 0 saturated carbocycles. The summed E-state index contributed by atoms with van der Waals surface area (Å²) in [6.45, 7) is 1.71. The van der Waals surface area contributed by atoms with Gasteiger partial charge in [-0.25, -0.2) is 13.2 Å². The molecule has 1 aromatic carbocycles. The Kier molecular flexibility index (Phi) is 5.45. The summed E-state index contributed by atoms with van der Waals surface area (Å²) in [4.78, 5) is 24.8. The molecule has 1 saturated heterocycles. The summed E-state index contributed by atoms with van der Waals surface area (Å²) in [7, 11) is -2.43. The van der Waals surface area contributed by atoms with E-state index in [-0.39, 0.29) is 4.90 Å². The molecule has 1 amide bonds. The standard InChI is InChI=1S/C15H20N2O6S/c1-10(14(18)17-9-3-4-13(17)15(19)20)16-24(21,22)12-7-5-11(23-2)6-8-12/h5-8,10,13,16H,3-4,9H2,1-2H3,(H,19,20)/t10-,13-/m0/s1. The van der Waals surface area contributed by atoms with E-state index in [9.17, 15) is 18.0 Å². The number of nitrogens with one attached hydrogen (secondary N) is 1. The van der Waals surface area contributed by atoms with Crippen molar-refractivity contribution in [2.24, 2.45) is 0 Å². The number of carbonyl (C=O) groups is 2. The molecular formula is C15H20N2O6S. The Bertz CT molecular complexity index is 716. The number of rotatable bonds is 6. The molecule has 0 aliphatic carbocycles. The Morgan fingerprint density at radius 3 is 2.50 bits per heavy atom. The summed E-state index contributed by atoms with van der Waals surface area (Å²) < 4.78 is 31.9. The fraction of sp³-hybridized carbons (Fsp3) is 0.467. The number of hydrogen-bond donors (Lipinski definition) is 2. The fourth-order valence-corrected chi connectivity index (χ4v) is 3.84. The minimum Gasteiger partial charge on any atom is -0.497 e. The van der Waals surface area contributed by atoms with Crippen LogP contribution in [-0.4, -0.2) is 56.0 Å². The number of hydrogen-bond acceptors (Lipinski definition) is 5. The van der Waals surface area contributed by atoms with E-state index in [1.54, 1.807) is 0 Å². The predicted octanol–water partition coefficient (Wildman–Crippen LogP) is 0.438.